The van der Waals surface area contributed by atoms with Gasteiger partial charge in [-0.25, -0.2) is 4.98 Å². The molecular weight excluding hydrogens is 282 g/mol. The van der Waals surface area contributed by atoms with Crippen LogP contribution in [0, 0.1) is 31.1 Å². The average Bonchev–Trinajstić information content (AvgIpc) is 3.10. The van der Waals surface area contributed by atoms with Crippen molar-refractivity contribution in [3.05, 3.63) is 11.5 Å². The quantitative estimate of drug-likeness (QED) is 0.814. The number of aromatic nitrogens is 1. The lowest BCUT2D eigenvalue weighted by atomic mass is 9.86. The number of nitriles is 1. The smallest absolute Gasteiger partial charge is 0.256 e. The first-order valence-electron chi connectivity index (χ1n) is 7.89. The van der Waals surface area contributed by atoms with Crippen molar-refractivity contribution in [2.75, 3.05) is 5.75 Å². The van der Waals surface area contributed by atoms with Gasteiger partial charge in [0, 0.05) is 11.8 Å². The number of oxazole rings is 1. The second kappa shape index (κ2) is 6.02. The lowest BCUT2D eigenvalue weighted by Gasteiger charge is -2.30. The summed E-state index contributed by atoms with van der Waals surface area (Å²) in [7, 11) is 0. The molecule has 1 heterocycles. The molecule has 2 aliphatic carbocycles. The Balaban J connectivity index is 1.54. The van der Waals surface area contributed by atoms with Gasteiger partial charge >= 0.3 is 0 Å². The summed E-state index contributed by atoms with van der Waals surface area (Å²) < 4.78 is 5.60. The normalized spacial score (nSPS) is 28.7. The van der Waals surface area contributed by atoms with Crippen molar-refractivity contribution in [1.29, 1.82) is 5.26 Å². The Labute approximate surface area is 130 Å². The van der Waals surface area contributed by atoms with Gasteiger partial charge in [-0.2, -0.15) is 5.26 Å². The molecule has 21 heavy (non-hydrogen) atoms. The summed E-state index contributed by atoms with van der Waals surface area (Å²) in [4.78, 5) is 4.40. The van der Waals surface area contributed by atoms with Crippen LogP contribution < -0.4 is 5.32 Å². The molecule has 0 radical (unpaired) electrons. The van der Waals surface area contributed by atoms with Gasteiger partial charge in [-0.3, -0.25) is 5.32 Å². The average molecular weight is 305 g/mol. The van der Waals surface area contributed by atoms with E-state index >= 15 is 0 Å². The van der Waals surface area contributed by atoms with E-state index in [2.05, 4.69) is 16.4 Å². The second-order valence-corrected chi connectivity index (χ2v) is 7.40. The molecule has 0 aliphatic heterocycles. The predicted molar refractivity (Wildman–Crippen MR) is 83.2 cm³/mol. The minimum absolute atomic E-state index is 0.274. The third-order valence-electron chi connectivity index (χ3n) is 4.76. The van der Waals surface area contributed by atoms with Crippen molar-refractivity contribution in [2.45, 2.75) is 69.2 Å². The van der Waals surface area contributed by atoms with Crippen molar-refractivity contribution in [1.82, 2.24) is 10.3 Å². The summed E-state index contributed by atoms with van der Waals surface area (Å²) in [5, 5.41) is 14.1. The first-order chi connectivity index (χ1) is 10.1. The minimum atomic E-state index is -0.274. The molecule has 0 aromatic carbocycles. The Hall–Kier alpha value is -0.990. The summed E-state index contributed by atoms with van der Waals surface area (Å²) in [6, 6.07) is 3.19. The SMILES string of the molecule is Cc1nc(SCCC2CCCC2(C#N)NC2CC2)oc1C. The number of rotatable bonds is 6. The summed E-state index contributed by atoms with van der Waals surface area (Å²) >= 11 is 1.67. The number of aryl methyl sites for hydroxylation is 2. The van der Waals surface area contributed by atoms with Crippen molar-refractivity contribution >= 4 is 11.8 Å². The molecule has 2 fully saturated rings. The molecule has 114 valence electrons. The summed E-state index contributed by atoms with van der Waals surface area (Å²) in [6.07, 6.45) is 6.86. The molecule has 1 aromatic heterocycles. The van der Waals surface area contributed by atoms with E-state index in [0.717, 1.165) is 41.7 Å². The first-order valence-corrected chi connectivity index (χ1v) is 8.87. The molecule has 3 rings (SSSR count). The molecule has 0 amide bonds. The van der Waals surface area contributed by atoms with Gasteiger partial charge in [-0.05, 0) is 51.9 Å². The Morgan fingerprint density at radius 3 is 2.86 bits per heavy atom. The topological polar surface area (TPSA) is 61.9 Å². The van der Waals surface area contributed by atoms with Crippen LogP contribution >= 0.6 is 11.8 Å². The van der Waals surface area contributed by atoms with Gasteiger partial charge in [0.2, 0.25) is 0 Å². The van der Waals surface area contributed by atoms with Gasteiger partial charge in [0.1, 0.15) is 11.3 Å². The van der Waals surface area contributed by atoms with E-state index in [4.69, 9.17) is 4.42 Å². The third kappa shape index (κ3) is 3.27. The minimum Gasteiger partial charge on any atom is -0.437 e. The van der Waals surface area contributed by atoms with Crippen molar-refractivity contribution in [3.63, 3.8) is 0 Å². The lowest BCUT2D eigenvalue weighted by Crippen LogP contribution is -2.48. The molecular formula is C16H23N3OS. The zero-order valence-corrected chi connectivity index (χ0v) is 13.6. The zero-order valence-electron chi connectivity index (χ0n) is 12.8. The van der Waals surface area contributed by atoms with E-state index in [1.54, 1.807) is 11.8 Å². The van der Waals surface area contributed by atoms with E-state index in [1.807, 2.05) is 13.8 Å². The maximum absolute atomic E-state index is 9.67. The van der Waals surface area contributed by atoms with E-state index in [0.29, 0.717) is 12.0 Å². The van der Waals surface area contributed by atoms with Crippen molar-refractivity contribution < 1.29 is 4.42 Å². The van der Waals surface area contributed by atoms with E-state index in [-0.39, 0.29) is 5.54 Å². The molecule has 0 bridgehead atoms. The van der Waals surface area contributed by atoms with Gasteiger partial charge < -0.3 is 4.42 Å². The van der Waals surface area contributed by atoms with Crippen molar-refractivity contribution in [3.8, 4) is 6.07 Å². The molecule has 0 spiro atoms. The van der Waals surface area contributed by atoms with Crippen LogP contribution in [0.5, 0.6) is 0 Å². The maximum Gasteiger partial charge on any atom is 0.256 e. The standard InChI is InChI=1S/C16H23N3OS/c1-11-12(2)20-15(18-11)21-9-7-13-4-3-8-16(13,10-17)19-14-5-6-14/h13-14,19H,3-9H2,1-2H3. The molecule has 0 saturated heterocycles. The summed E-state index contributed by atoms with van der Waals surface area (Å²) in [5.41, 5.74) is 0.699. The first kappa shape index (κ1) is 14.9. The van der Waals surface area contributed by atoms with Gasteiger partial charge in [-0.15, -0.1) is 0 Å². The largest absolute Gasteiger partial charge is 0.437 e. The predicted octanol–water partition coefficient (Wildman–Crippen LogP) is 3.59. The fourth-order valence-corrected chi connectivity index (χ4v) is 4.19. The third-order valence-corrected chi connectivity index (χ3v) is 5.62. The van der Waals surface area contributed by atoms with Crippen LogP contribution in [0.2, 0.25) is 0 Å². The molecule has 2 unspecified atom stereocenters. The number of nitrogens with one attached hydrogen (secondary N) is 1. The highest BCUT2D eigenvalue weighted by Gasteiger charge is 2.45. The van der Waals surface area contributed by atoms with Gasteiger partial charge in [-0.1, -0.05) is 18.2 Å². The number of hydrogen-bond donors (Lipinski definition) is 1. The molecule has 2 aliphatic rings. The van der Waals surface area contributed by atoms with Crippen LogP contribution in [0.3, 0.4) is 0 Å². The Kier molecular flexibility index (Phi) is 4.28. The summed E-state index contributed by atoms with van der Waals surface area (Å²) in [6.45, 7) is 3.92. The highest BCUT2D eigenvalue weighted by molar-refractivity contribution is 7.99. The fourth-order valence-electron chi connectivity index (χ4n) is 3.22. The lowest BCUT2D eigenvalue weighted by molar-refractivity contribution is 0.307. The van der Waals surface area contributed by atoms with E-state index in [1.165, 1.54) is 19.3 Å². The van der Waals surface area contributed by atoms with Gasteiger partial charge in [0.25, 0.3) is 5.22 Å². The van der Waals surface area contributed by atoms with Gasteiger partial charge in [0.05, 0.1) is 11.8 Å². The zero-order chi connectivity index (χ0) is 14.9. The molecule has 2 saturated carbocycles. The maximum atomic E-state index is 9.67. The van der Waals surface area contributed by atoms with E-state index in [9.17, 15) is 5.26 Å². The molecule has 2 atom stereocenters. The van der Waals surface area contributed by atoms with E-state index < -0.39 is 0 Å². The number of thioether (sulfide) groups is 1. The van der Waals surface area contributed by atoms with Crippen LogP contribution in [0.1, 0.15) is 50.0 Å². The van der Waals surface area contributed by atoms with Crippen LogP contribution in [-0.2, 0) is 0 Å². The van der Waals surface area contributed by atoms with Crippen molar-refractivity contribution in [2.24, 2.45) is 5.92 Å². The highest BCUT2D eigenvalue weighted by atomic mass is 32.2. The van der Waals surface area contributed by atoms with Crippen LogP contribution in [0.25, 0.3) is 0 Å². The number of hydrogen-bond acceptors (Lipinski definition) is 5. The van der Waals surface area contributed by atoms with Crippen LogP contribution in [0.4, 0.5) is 0 Å². The Morgan fingerprint density at radius 2 is 2.24 bits per heavy atom. The van der Waals surface area contributed by atoms with Gasteiger partial charge in [0.15, 0.2) is 0 Å². The van der Waals surface area contributed by atoms with Crippen LogP contribution in [0.15, 0.2) is 9.64 Å². The molecule has 1 aromatic rings. The summed E-state index contributed by atoms with van der Waals surface area (Å²) in [5.74, 6) is 2.34. The number of nitrogens with zero attached hydrogens (tertiary/aromatic N) is 2. The Bertz CT molecular complexity index is 527. The molecule has 1 N–H and O–H groups in total. The Morgan fingerprint density at radius 1 is 1.43 bits per heavy atom. The molecule has 5 heteroatoms. The fraction of sp³-hybridized carbons (Fsp3) is 0.750. The van der Waals surface area contributed by atoms with Crippen LogP contribution in [-0.4, -0.2) is 22.3 Å². The monoisotopic (exact) mass is 305 g/mol. The second-order valence-electron chi connectivity index (χ2n) is 6.35. The molecule has 4 nitrogen and oxygen atoms in total. The highest BCUT2D eigenvalue weighted by Crippen LogP contribution is 2.41.